The zero-order valence-corrected chi connectivity index (χ0v) is 10.5. The molecule has 0 aromatic heterocycles. The Hall–Kier alpha value is -1.64. The number of nitrogens with two attached hydrogens (primary N) is 1. The number of nitrogen functional groups attached to an aromatic ring is 1. The molecule has 0 unspecified atom stereocenters. The Morgan fingerprint density at radius 3 is 2.83 bits per heavy atom. The van der Waals surface area contributed by atoms with Crippen LogP contribution in [0.4, 0.5) is 10.1 Å². The van der Waals surface area contributed by atoms with E-state index in [0.29, 0.717) is 31.8 Å². The Morgan fingerprint density at radius 1 is 1.44 bits per heavy atom. The molecule has 0 aliphatic heterocycles. The van der Waals surface area contributed by atoms with Gasteiger partial charge in [0.05, 0.1) is 12.7 Å². The molecule has 0 atom stereocenters. The summed E-state index contributed by atoms with van der Waals surface area (Å²) in [5.74, 6) is -0.336. The maximum absolute atomic E-state index is 12.9. The van der Waals surface area contributed by atoms with Gasteiger partial charge >= 0.3 is 0 Å². The summed E-state index contributed by atoms with van der Waals surface area (Å²) in [5, 5.41) is 8.62. The molecule has 0 aliphatic carbocycles. The molecular formula is C13H18FN3O. The number of hydrogen-bond acceptors (Lipinski definition) is 4. The van der Waals surface area contributed by atoms with Crippen molar-refractivity contribution in [2.75, 3.05) is 32.5 Å². The first-order chi connectivity index (χ1) is 8.67. The van der Waals surface area contributed by atoms with Gasteiger partial charge in [-0.25, -0.2) is 4.39 Å². The van der Waals surface area contributed by atoms with E-state index in [0.717, 1.165) is 12.1 Å². The van der Waals surface area contributed by atoms with Gasteiger partial charge in [-0.05, 0) is 17.7 Å². The summed E-state index contributed by atoms with van der Waals surface area (Å²) >= 11 is 0. The Morgan fingerprint density at radius 2 is 2.22 bits per heavy atom. The van der Waals surface area contributed by atoms with E-state index in [1.807, 2.05) is 0 Å². The van der Waals surface area contributed by atoms with Crippen molar-refractivity contribution in [3.05, 3.63) is 29.6 Å². The van der Waals surface area contributed by atoms with E-state index in [4.69, 9.17) is 15.7 Å². The number of methoxy groups -OCH3 is 1. The van der Waals surface area contributed by atoms with Gasteiger partial charge in [0, 0.05) is 38.9 Å². The molecule has 0 aliphatic rings. The highest BCUT2D eigenvalue weighted by Gasteiger charge is 2.08. The van der Waals surface area contributed by atoms with E-state index < -0.39 is 0 Å². The fourth-order valence-corrected chi connectivity index (χ4v) is 1.65. The van der Waals surface area contributed by atoms with E-state index in [1.54, 1.807) is 13.2 Å². The quantitative estimate of drug-likeness (QED) is 0.750. The molecule has 98 valence electrons. The number of hydrogen-bond donors (Lipinski definition) is 1. The predicted molar refractivity (Wildman–Crippen MR) is 68.2 cm³/mol. The highest BCUT2D eigenvalue weighted by molar-refractivity contribution is 5.46. The van der Waals surface area contributed by atoms with Gasteiger partial charge in [-0.2, -0.15) is 5.26 Å². The van der Waals surface area contributed by atoms with Crippen molar-refractivity contribution in [3.8, 4) is 6.07 Å². The van der Waals surface area contributed by atoms with Gasteiger partial charge < -0.3 is 10.5 Å². The first-order valence-electron chi connectivity index (χ1n) is 5.79. The summed E-state index contributed by atoms with van der Waals surface area (Å²) in [4.78, 5) is 2.07. The molecular weight excluding hydrogens is 233 g/mol. The van der Waals surface area contributed by atoms with Crippen LogP contribution in [-0.4, -0.2) is 31.7 Å². The highest BCUT2D eigenvalue weighted by atomic mass is 19.1. The van der Waals surface area contributed by atoms with Crippen molar-refractivity contribution < 1.29 is 9.13 Å². The van der Waals surface area contributed by atoms with Crippen LogP contribution in [0.1, 0.15) is 12.0 Å². The summed E-state index contributed by atoms with van der Waals surface area (Å²) in [6, 6.07) is 6.49. The Labute approximate surface area is 107 Å². The fourth-order valence-electron chi connectivity index (χ4n) is 1.65. The molecule has 5 heteroatoms. The second-order valence-electron chi connectivity index (χ2n) is 4.02. The van der Waals surface area contributed by atoms with Crippen LogP contribution in [0.3, 0.4) is 0 Å². The Bertz CT molecular complexity index is 417. The number of benzene rings is 1. The SMILES string of the molecule is COCCN(CCC#N)Cc1ccc(F)cc1N. The van der Waals surface area contributed by atoms with E-state index in [2.05, 4.69) is 11.0 Å². The number of ether oxygens (including phenoxy) is 1. The van der Waals surface area contributed by atoms with Crippen molar-refractivity contribution >= 4 is 5.69 Å². The van der Waals surface area contributed by atoms with Crippen molar-refractivity contribution in [1.29, 1.82) is 5.26 Å². The molecule has 1 aromatic rings. The number of nitriles is 1. The molecule has 0 radical (unpaired) electrons. The van der Waals surface area contributed by atoms with Crippen molar-refractivity contribution in [3.63, 3.8) is 0 Å². The van der Waals surface area contributed by atoms with Crippen LogP contribution < -0.4 is 5.73 Å². The van der Waals surface area contributed by atoms with Crippen LogP contribution in [0.25, 0.3) is 0 Å². The minimum Gasteiger partial charge on any atom is -0.398 e. The van der Waals surface area contributed by atoms with Gasteiger partial charge in [0.25, 0.3) is 0 Å². The minimum absolute atomic E-state index is 0.336. The molecule has 18 heavy (non-hydrogen) atoms. The summed E-state index contributed by atoms with van der Waals surface area (Å²) in [6.45, 7) is 2.55. The van der Waals surface area contributed by atoms with Gasteiger partial charge in [-0.1, -0.05) is 6.07 Å². The molecule has 0 saturated carbocycles. The predicted octanol–water partition coefficient (Wildman–Crippen LogP) is 1.77. The lowest BCUT2D eigenvalue weighted by molar-refractivity contribution is 0.145. The second kappa shape index (κ2) is 7.64. The average Bonchev–Trinajstić information content (AvgIpc) is 2.35. The second-order valence-corrected chi connectivity index (χ2v) is 4.02. The summed E-state index contributed by atoms with van der Waals surface area (Å²) in [5.41, 5.74) is 7.07. The molecule has 1 rings (SSSR count). The van der Waals surface area contributed by atoms with Gasteiger partial charge in [0.15, 0.2) is 0 Å². The maximum atomic E-state index is 12.9. The van der Waals surface area contributed by atoms with Crippen LogP contribution in [0.15, 0.2) is 18.2 Å². The zero-order valence-electron chi connectivity index (χ0n) is 10.5. The molecule has 4 nitrogen and oxygen atoms in total. The molecule has 0 amide bonds. The standard InChI is InChI=1S/C13H18FN3O/c1-18-8-7-17(6-2-5-15)10-11-3-4-12(14)9-13(11)16/h3-4,9H,2,6-8,10,16H2,1H3. The first-order valence-corrected chi connectivity index (χ1v) is 5.79. The molecule has 2 N–H and O–H groups in total. The van der Waals surface area contributed by atoms with Gasteiger partial charge in [0.1, 0.15) is 5.82 Å². The zero-order chi connectivity index (χ0) is 13.4. The van der Waals surface area contributed by atoms with Crippen LogP contribution >= 0.6 is 0 Å². The summed E-state index contributed by atoms with van der Waals surface area (Å²) in [6.07, 6.45) is 0.449. The Kier molecular flexibility index (Phi) is 6.12. The summed E-state index contributed by atoms with van der Waals surface area (Å²) in [7, 11) is 1.63. The van der Waals surface area contributed by atoms with E-state index in [9.17, 15) is 4.39 Å². The van der Waals surface area contributed by atoms with Crippen molar-refractivity contribution in [1.82, 2.24) is 4.90 Å². The number of anilines is 1. The molecule has 0 saturated heterocycles. The minimum atomic E-state index is -0.336. The average molecular weight is 251 g/mol. The molecule has 0 bridgehead atoms. The van der Waals surface area contributed by atoms with Crippen LogP contribution in [0, 0.1) is 17.1 Å². The van der Waals surface area contributed by atoms with Gasteiger partial charge in [-0.15, -0.1) is 0 Å². The Balaban J connectivity index is 2.66. The first kappa shape index (κ1) is 14.4. The van der Waals surface area contributed by atoms with E-state index in [-0.39, 0.29) is 5.82 Å². The van der Waals surface area contributed by atoms with Crippen LogP contribution in [0.2, 0.25) is 0 Å². The topological polar surface area (TPSA) is 62.3 Å². The molecule has 0 spiro atoms. The maximum Gasteiger partial charge on any atom is 0.125 e. The van der Waals surface area contributed by atoms with Crippen molar-refractivity contribution in [2.24, 2.45) is 0 Å². The number of nitrogens with zero attached hydrogens (tertiary/aromatic N) is 2. The third-order valence-electron chi connectivity index (χ3n) is 2.65. The van der Waals surface area contributed by atoms with Crippen LogP contribution in [0.5, 0.6) is 0 Å². The number of halogens is 1. The smallest absolute Gasteiger partial charge is 0.125 e. The highest BCUT2D eigenvalue weighted by Crippen LogP contribution is 2.15. The third-order valence-corrected chi connectivity index (χ3v) is 2.65. The van der Waals surface area contributed by atoms with Gasteiger partial charge in [-0.3, -0.25) is 4.90 Å². The van der Waals surface area contributed by atoms with Gasteiger partial charge in [0.2, 0.25) is 0 Å². The lowest BCUT2D eigenvalue weighted by Crippen LogP contribution is -2.28. The van der Waals surface area contributed by atoms with E-state index >= 15 is 0 Å². The lowest BCUT2D eigenvalue weighted by Gasteiger charge is -2.21. The van der Waals surface area contributed by atoms with Crippen molar-refractivity contribution in [2.45, 2.75) is 13.0 Å². The third kappa shape index (κ3) is 4.70. The number of rotatable bonds is 7. The van der Waals surface area contributed by atoms with Crippen LogP contribution in [-0.2, 0) is 11.3 Å². The molecule has 0 heterocycles. The largest absolute Gasteiger partial charge is 0.398 e. The molecule has 1 aromatic carbocycles. The van der Waals surface area contributed by atoms with E-state index in [1.165, 1.54) is 12.1 Å². The molecule has 0 fully saturated rings. The summed E-state index contributed by atoms with van der Waals surface area (Å²) < 4.78 is 18.0. The lowest BCUT2D eigenvalue weighted by atomic mass is 10.1. The normalized spacial score (nSPS) is 10.6. The fraction of sp³-hybridized carbons (Fsp3) is 0.462. The monoisotopic (exact) mass is 251 g/mol.